The maximum atomic E-state index is 13.6. The zero-order chi connectivity index (χ0) is 16.4. The summed E-state index contributed by atoms with van der Waals surface area (Å²) in [4.78, 5) is 24.6. The Hall–Kier alpha value is -1.59. The predicted octanol–water partition coefficient (Wildman–Crippen LogP) is 3.50. The molecule has 22 heavy (non-hydrogen) atoms. The van der Waals surface area contributed by atoms with Crippen molar-refractivity contribution >= 4 is 35.0 Å². The van der Waals surface area contributed by atoms with Crippen LogP contribution in [0, 0.1) is 11.7 Å². The Morgan fingerprint density at radius 3 is 2.50 bits per heavy atom. The van der Waals surface area contributed by atoms with E-state index >= 15 is 0 Å². The fourth-order valence-corrected chi connectivity index (χ4v) is 2.44. The van der Waals surface area contributed by atoms with Crippen molar-refractivity contribution in [2.45, 2.75) is 19.8 Å². The Bertz CT molecular complexity index is 669. The van der Waals surface area contributed by atoms with Gasteiger partial charge in [0.2, 0.25) is 5.78 Å². The number of carbonyl (C=O) groups is 2. The number of rotatable bonds is 5. The summed E-state index contributed by atoms with van der Waals surface area (Å²) in [6, 6.07) is 2.01. The maximum Gasteiger partial charge on any atom is 0.343 e. The van der Waals surface area contributed by atoms with Crippen LogP contribution >= 0.6 is 23.2 Å². The van der Waals surface area contributed by atoms with Crippen LogP contribution in [0.4, 0.5) is 4.39 Å². The number of nitrogens with two attached hydrogens (primary N) is 1. The van der Waals surface area contributed by atoms with Crippen molar-refractivity contribution in [3.8, 4) is 0 Å². The van der Waals surface area contributed by atoms with E-state index in [9.17, 15) is 14.0 Å². The summed E-state index contributed by atoms with van der Waals surface area (Å²) in [7, 11) is 0. The quantitative estimate of drug-likeness (QED) is 0.221. The molecule has 2 rings (SSSR count). The summed E-state index contributed by atoms with van der Waals surface area (Å²) < 4.78 is 18.5. The molecule has 0 bridgehead atoms. The lowest BCUT2D eigenvalue weighted by Crippen LogP contribution is -2.22. The molecule has 1 aliphatic carbocycles. The van der Waals surface area contributed by atoms with Crippen molar-refractivity contribution in [3.63, 3.8) is 0 Å². The number of hydrogen-bond acceptors (Lipinski definition) is 4. The normalized spacial score (nSPS) is 15.3. The number of allylic oxidation sites excluding steroid dienone is 1. The second-order valence-electron chi connectivity index (χ2n) is 4.90. The van der Waals surface area contributed by atoms with Gasteiger partial charge in [0.1, 0.15) is 11.4 Å². The first kappa shape index (κ1) is 16.8. The molecule has 1 aromatic rings. The highest BCUT2D eigenvalue weighted by atomic mass is 35.5. The molecule has 1 saturated carbocycles. The molecule has 1 fully saturated rings. The SMILES string of the molecule is CCOC(=O)C(C(=O)c1cc(F)c(Cl)cc1Cl)=C(N)C1CC1. The molecule has 0 amide bonds. The van der Waals surface area contributed by atoms with Crippen LogP contribution in [0.1, 0.15) is 30.1 Å². The first-order valence-corrected chi connectivity index (χ1v) is 7.48. The molecule has 2 N–H and O–H groups in total. The predicted molar refractivity (Wildman–Crippen MR) is 81.3 cm³/mol. The van der Waals surface area contributed by atoms with Crippen molar-refractivity contribution in [1.82, 2.24) is 0 Å². The second kappa shape index (κ2) is 6.67. The topological polar surface area (TPSA) is 69.4 Å². The molecule has 0 aromatic heterocycles. The summed E-state index contributed by atoms with van der Waals surface area (Å²) in [6.07, 6.45) is 1.59. The third-order valence-corrected chi connectivity index (χ3v) is 3.87. The van der Waals surface area contributed by atoms with E-state index in [1.807, 2.05) is 0 Å². The number of carbonyl (C=O) groups excluding carboxylic acids is 2. The van der Waals surface area contributed by atoms with E-state index in [1.165, 1.54) is 0 Å². The molecular weight excluding hydrogens is 332 g/mol. The number of halogens is 3. The average molecular weight is 346 g/mol. The van der Waals surface area contributed by atoms with Crippen molar-refractivity contribution in [1.29, 1.82) is 0 Å². The van der Waals surface area contributed by atoms with E-state index < -0.39 is 17.6 Å². The van der Waals surface area contributed by atoms with Gasteiger partial charge >= 0.3 is 5.97 Å². The highest BCUT2D eigenvalue weighted by Crippen LogP contribution is 2.37. The van der Waals surface area contributed by atoms with Gasteiger partial charge in [0.25, 0.3) is 0 Å². The average Bonchev–Trinajstić information content (AvgIpc) is 3.27. The van der Waals surface area contributed by atoms with E-state index in [0.29, 0.717) is 0 Å². The lowest BCUT2D eigenvalue weighted by Gasteiger charge is -2.11. The molecule has 0 radical (unpaired) electrons. The molecule has 4 nitrogen and oxygen atoms in total. The Labute approximate surface area is 137 Å². The smallest absolute Gasteiger partial charge is 0.343 e. The molecule has 1 aromatic carbocycles. The van der Waals surface area contributed by atoms with E-state index in [1.54, 1.807) is 6.92 Å². The van der Waals surface area contributed by atoms with Gasteiger partial charge in [-0.1, -0.05) is 23.2 Å². The molecule has 0 heterocycles. The van der Waals surface area contributed by atoms with Gasteiger partial charge in [-0.3, -0.25) is 4.79 Å². The van der Waals surface area contributed by atoms with Crippen LogP contribution in [0.15, 0.2) is 23.4 Å². The molecule has 118 valence electrons. The van der Waals surface area contributed by atoms with Crippen LogP contribution in [0.2, 0.25) is 10.0 Å². The van der Waals surface area contributed by atoms with Gasteiger partial charge in [-0.15, -0.1) is 0 Å². The van der Waals surface area contributed by atoms with Crippen LogP contribution in [0.25, 0.3) is 0 Å². The van der Waals surface area contributed by atoms with Crippen LogP contribution in [0.3, 0.4) is 0 Å². The van der Waals surface area contributed by atoms with Crippen molar-refractivity contribution < 1.29 is 18.7 Å². The van der Waals surface area contributed by atoms with Crippen LogP contribution < -0.4 is 5.73 Å². The number of Topliss-reactive ketones (excluding diaryl/α,β-unsaturated/α-hetero) is 1. The van der Waals surface area contributed by atoms with Gasteiger partial charge in [-0.05, 0) is 37.8 Å². The molecule has 1 aliphatic rings. The van der Waals surface area contributed by atoms with Gasteiger partial charge in [0.15, 0.2) is 0 Å². The van der Waals surface area contributed by atoms with E-state index in [0.717, 1.165) is 25.0 Å². The van der Waals surface area contributed by atoms with Gasteiger partial charge in [0.05, 0.1) is 16.7 Å². The Kier molecular flexibility index (Phi) is 5.08. The third-order valence-electron chi connectivity index (χ3n) is 3.27. The molecule has 0 aliphatic heterocycles. The van der Waals surface area contributed by atoms with Crippen LogP contribution in [0.5, 0.6) is 0 Å². The maximum absolute atomic E-state index is 13.6. The Balaban J connectivity index is 2.48. The standard InChI is InChI=1S/C15H14Cl2FNO3/c1-2-22-15(21)12(13(19)7-3-4-7)14(20)8-5-11(18)10(17)6-9(8)16/h5-7H,2-4,19H2,1H3. The summed E-state index contributed by atoms with van der Waals surface area (Å²) >= 11 is 11.5. The molecule has 7 heteroatoms. The Morgan fingerprint density at radius 2 is 1.95 bits per heavy atom. The number of esters is 1. The summed E-state index contributed by atoms with van der Waals surface area (Å²) in [5, 5.41) is -0.264. The number of ketones is 1. The first-order valence-electron chi connectivity index (χ1n) is 6.72. The number of hydrogen-bond donors (Lipinski definition) is 1. The van der Waals surface area contributed by atoms with Crippen molar-refractivity contribution in [2.24, 2.45) is 11.7 Å². The van der Waals surface area contributed by atoms with E-state index in [4.69, 9.17) is 33.7 Å². The van der Waals surface area contributed by atoms with E-state index in [-0.39, 0.29) is 39.4 Å². The minimum atomic E-state index is -0.830. The molecule has 0 unspecified atom stereocenters. The molecule has 0 atom stereocenters. The van der Waals surface area contributed by atoms with Crippen molar-refractivity contribution in [2.75, 3.05) is 6.61 Å². The monoisotopic (exact) mass is 345 g/mol. The highest BCUT2D eigenvalue weighted by molar-refractivity contribution is 6.39. The lowest BCUT2D eigenvalue weighted by atomic mass is 9.99. The second-order valence-corrected chi connectivity index (χ2v) is 5.71. The summed E-state index contributed by atoms with van der Waals surface area (Å²) in [5.41, 5.74) is 5.61. The van der Waals surface area contributed by atoms with Gasteiger partial charge in [0, 0.05) is 11.3 Å². The molecule has 0 spiro atoms. The zero-order valence-electron chi connectivity index (χ0n) is 11.8. The van der Waals surface area contributed by atoms with Gasteiger partial charge in [-0.2, -0.15) is 0 Å². The zero-order valence-corrected chi connectivity index (χ0v) is 13.3. The minimum Gasteiger partial charge on any atom is -0.462 e. The first-order chi connectivity index (χ1) is 10.4. The van der Waals surface area contributed by atoms with Gasteiger partial charge in [-0.25, -0.2) is 9.18 Å². The minimum absolute atomic E-state index is 0.0284. The molecule has 0 saturated heterocycles. The lowest BCUT2D eigenvalue weighted by molar-refractivity contribution is -0.138. The van der Waals surface area contributed by atoms with Crippen LogP contribution in [-0.4, -0.2) is 18.4 Å². The largest absolute Gasteiger partial charge is 0.462 e. The molecular formula is C15H14Cl2FNO3. The number of benzene rings is 1. The Morgan fingerprint density at radius 1 is 1.32 bits per heavy atom. The van der Waals surface area contributed by atoms with Crippen LogP contribution in [-0.2, 0) is 9.53 Å². The number of ether oxygens (including phenoxy) is 1. The van der Waals surface area contributed by atoms with Crippen molar-refractivity contribution in [3.05, 3.63) is 44.8 Å². The van der Waals surface area contributed by atoms with Gasteiger partial charge < -0.3 is 10.5 Å². The van der Waals surface area contributed by atoms with E-state index in [2.05, 4.69) is 0 Å². The summed E-state index contributed by atoms with van der Waals surface area (Å²) in [6.45, 7) is 1.71. The fourth-order valence-electron chi connectivity index (χ4n) is 1.97. The fraction of sp³-hybridized carbons (Fsp3) is 0.333. The highest BCUT2D eigenvalue weighted by Gasteiger charge is 2.34. The third kappa shape index (κ3) is 3.42. The summed E-state index contributed by atoms with van der Waals surface area (Å²) in [5.74, 6) is -2.42.